The molecule has 9 heteroatoms. The van der Waals surface area contributed by atoms with E-state index < -0.39 is 10.0 Å². The van der Waals surface area contributed by atoms with Crippen molar-refractivity contribution >= 4 is 16.0 Å². The zero-order valence-electron chi connectivity index (χ0n) is 17.6. The largest absolute Gasteiger partial charge is 0.377 e. The molecule has 2 saturated heterocycles. The van der Waals surface area contributed by atoms with Crippen molar-refractivity contribution in [2.45, 2.75) is 64.0 Å². The van der Waals surface area contributed by atoms with Gasteiger partial charge in [-0.1, -0.05) is 13.3 Å². The molecular formula is C19H39N5O3S. The van der Waals surface area contributed by atoms with Crippen LogP contribution in [0.4, 0.5) is 0 Å². The van der Waals surface area contributed by atoms with Crippen molar-refractivity contribution in [3.63, 3.8) is 0 Å². The van der Waals surface area contributed by atoms with Gasteiger partial charge in [-0.25, -0.2) is 13.1 Å². The second-order valence-corrected chi connectivity index (χ2v) is 9.60. The molecule has 2 aliphatic rings. The molecule has 0 aromatic carbocycles. The first-order valence-corrected chi connectivity index (χ1v) is 12.5. The van der Waals surface area contributed by atoms with Crippen molar-refractivity contribution in [2.75, 3.05) is 52.1 Å². The summed E-state index contributed by atoms with van der Waals surface area (Å²) in [5, 5.41) is 6.39. The maximum Gasteiger partial charge on any atom is 0.213 e. The molecule has 0 amide bonds. The molecule has 28 heavy (non-hydrogen) atoms. The van der Waals surface area contributed by atoms with Gasteiger partial charge in [0.15, 0.2) is 5.96 Å². The summed E-state index contributed by atoms with van der Waals surface area (Å²) in [4.78, 5) is 6.74. The molecule has 0 saturated carbocycles. The van der Waals surface area contributed by atoms with Crippen molar-refractivity contribution in [3.05, 3.63) is 0 Å². The minimum Gasteiger partial charge on any atom is -0.377 e. The number of aliphatic imine (C=N–C) groups is 1. The lowest BCUT2D eigenvalue weighted by Crippen LogP contribution is -2.47. The maximum absolute atomic E-state index is 12.2. The minimum absolute atomic E-state index is 0.00708. The third kappa shape index (κ3) is 8.63. The van der Waals surface area contributed by atoms with E-state index in [-0.39, 0.29) is 11.9 Å². The van der Waals surface area contributed by atoms with E-state index in [9.17, 15) is 8.42 Å². The predicted octanol–water partition coefficient (Wildman–Crippen LogP) is 0.904. The number of piperidine rings is 1. The number of guanidine groups is 1. The van der Waals surface area contributed by atoms with E-state index in [4.69, 9.17) is 4.74 Å². The molecule has 2 unspecified atom stereocenters. The first-order chi connectivity index (χ1) is 13.5. The van der Waals surface area contributed by atoms with E-state index in [1.165, 1.54) is 32.2 Å². The predicted molar refractivity (Wildman–Crippen MR) is 114 cm³/mol. The Labute approximate surface area is 170 Å². The van der Waals surface area contributed by atoms with Crippen LogP contribution in [0.5, 0.6) is 0 Å². The molecular weight excluding hydrogens is 378 g/mol. The number of nitrogens with one attached hydrogen (secondary N) is 3. The van der Waals surface area contributed by atoms with Gasteiger partial charge in [0.25, 0.3) is 0 Å². The highest BCUT2D eigenvalue weighted by atomic mass is 32.2. The number of rotatable bonds is 10. The third-order valence-electron chi connectivity index (χ3n) is 5.60. The highest BCUT2D eigenvalue weighted by Crippen LogP contribution is 2.18. The van der Waals surface area contributed by atoms with Crippen molar-refractivity contribution in [1.29, 1.82) is 0 Å². The summed E-state index contributed by atoms with van der Waals surface area (Å²) in [6.45, 7) is 6.63. The number of hydrogen-bond donors (Lipinski definition) is 3. The highest BCUT2D eigenvalue weighted by Gasteiger charge is 2.20. The fraction of sp³-hybridized carbons (Fsp3) is 0.947. The minimum atomic E-state index is -3.32. The van der Waals surface area contributed by atoms with Crippen LogP contribution in [-0.4, -0.2) is 83.6 Å². The van der Waals surface area contributed by atoms with Crippen LogP contribution in [0.3, 0.4) is 0 Å². The molecule has 2 heterocycles. The van der Waals surface area contributed by atoms with Crippen LogP contribution in [0.2, 0.25) is 0 Å². The monoisotopic (exact) mass is 417 g/mol. The quantitative estimate of drug-likeness (QED) is 0.361. The topological polar surface area (TPSA) is 95.1 Å². The van der Waals surface area contributed by atoms with Crippen LogP contribution in [-0.2, 0) is 14.8 Å². The van der Waals surface area contributed by atoms with Crippen LogP contribution < -0.4 is 15.4 Å². The van der Waals surface area contributed by atoms with E-state index >= 15 is 0 Å². The zero-order chi connectivity index (χ0) is 20.2. The van der Waals surface area contributed by atoms with Gasteiger partial charge in [-0.2, -0.15) is 0 Å². The number of hydrogen-bond acceptors (Lipinski definition) is 5. The lowest BCUT2D eigenvalue weighted by atomic mass is 10.0. The van der Waals surface area contributed by atoms with E-state index in [1.807, 2.05) is 0 Å². The average Bonchev–Trinajstić information content (AvgIpc) is 2.72. The molecule has 0 spiro atoms. The molecule has 0 aromatic heterocycles. The Kier molecular flexibility index (Phi) is 10.5. The molecule has 164 valence electrons. The van der Waals surface area contributed by atoms with E-state index in [2.05, 4.69) is 32.2 Å². The smallest absolute Gasteiger partial charge is 0.213 e. The second kappa shape index (κ2) is 12.6. The van der Waals surface area contributed by atoms with Crippen molar-refractivity contribution in [2.24, 2.45) is 4.99 Å². The van der Waals surface area contributed by atoms with Crippen LogP contribution in [0.15, 0.2) is 4.99 Å². The Balaban J connectivity index is 1.61. The van der Waals surface area contributed by atoms with Gasteiger partial charge < -0.3 is 15.4 Å². The Hall–Kier alpha value is -0.900. The summed E-state index contributed by atoms with van der Waals surface area (Å²) in [5.74, 6) is 0.667. The summed E-state index contributed by atoms with van der Waals surface area (Å²) in [6, 6.07) is 0.690. The van der Waals surface area contributed by atoms with Gasteiger partial charge in [0.1, 0.15) is 0 Å². The summed E-state index contributed by atoms with van der Waals surface area (Å²) >= 11 is 0. The summed E-state index contributed by atoms with van der Waals surface area (Å²) in [5.41, 5.74) is 0. The molecule has 0 aliphatic carbocycles. The molecule has 3 N–H and O–H groups in total. The second-order valence-electron chi connectivity index (χ2n) is 7.68. The molecule has 0 aromatic rings. The first kappa shape index (κ1) is 23.4. The fourth-order valence-electron chi connectivity index (χ4n) is 3.92. The van der Waals surface area contributed by atoms with E-state index in [0.29, 0.717) is 25.1 Å². The zero-order valence-corrected chi connectivity index (χ0v) is 18.4. The van der Waals surface area contributed by atoms with Crippen molar-refractivity contribution < 1.29 is 13.2 Å². The van der Waals surface area contributed by atoms with Gasteiger partial charge in [-0.05, 0) is 45.1 Å². The van der Waals surface area contributed by atoms with Gasteiger partial charge in [-0.15, -0.1) is 0 Å². The fourth-order valence-corrected chi connectivity index (χ4v) is 4.87. The first-order valence-electron chi connectivity index (χ1n) is 10.8. The van der Waals surface area contributed by atoms with Crippen LogP contribution >= 0.6 is 0 Å². The summed E-state index contributed by atoms with van der Waals surface area (Å²) < 4.78 is 32.5. The summed E-state index contributed by atoms with van der Waals surface area (Å²) in [6.07, 6.45) is 8.20. The standard InChI is InChI=1S/C19H39N5O3S/c1-3-17-8-4-6-12-24(17)13-10-21-19(20-2)22-11-15-28(25,26)23-16-18-9-5-7-14-27-18/h17-18,23H,3-16H2,1-2H3,(H2,20,21,22). The van der Waals surface area contributed by atoms with Gasteiger partial charge in [0, 0.05) is 45.9 Å². The summed E-state index contributed by atoms with van der Waals surface area (Å²) in [7, 11) is -1.61. The molecule has 2 rings (SSSR count). The van der Waals surface area contributed by atoms with Crippen molar-refractivity contribution in [3.8, 4) is 0 Å². The Morgan fingerprint density at radius 3 is 2.64 bits per heavy atom. The van der Waals surface area contributed by atoms with Gasteiger partial charge in [0.05, 0.1) is 11.9 Å². The lowest BCUT2D eigenvalue weighted by Gasteiger charge is -2.35. The third-order valence-corrected chi connectivity index (χ3v) is 6.95. The molecule has 2 fully saturated rings. The molecule has 8 nitrogen and oxygen atoms in total. The molecule has 2 atom stereocenters. The lowest BCUT2D eigenvalue weighted by molar-refractivity contribution is 0.0200. The highest BCUT2D eigenvalue weighted by molar-refractivity contribution is 7.89. The van der Waals surface area contributed by atoms with Crippen LogP contribution in [0.25, 0.3) is 0 Å². The van der Waals surface area contributed by atoms with Gasteiger partial charge >= 0.3 is 0 Å². The van der Waals surface area contributed by atoms with Crippen molar-refractivity contribution in [1.82, 2.24) is 20.3 Å². The Bertz CT molecular complexity index is 564. The van der Waals surface area contributed by atoms with Gasteiger partial charge in [0.2, 0.25) is 10.0 Å². The maximum atomic E-state index is 12.2. The Morgan fingerprint density at radius 1 is 1.14 bits per heavy atom. The molecule has 0 radical (unpaired) electrons. The number of sulfonamides is 1. The SMILES string of the molecule is CCC1CCCCN1CCNC(=NC)NCCS(=O)(=O)NCC1CCCCO1. The number of nitrogens with zero attached hydrogens (tertiary/aromatic N) is 2. The van der Waals surface area contributed by atoms with Gasteiger partial charge in [-0.3, -0.25) is 9.89 Å². The van der Waals surface area contributed by atoms with Crippen LogP contribution in [0, 0.1) is 0 Å². The molecule has 2 aliphatic heterocycles. The van der Waals surface area contributed by atoms with Crippen LogP contribution in [0.1, 0.15) is 51.9 Å². The van der Waals surface area contributed by atoms with E-state index in [1.54, 1.807) is 7.05 Å². The average molecular weight is 418 g/mol. The Morgan fingerprint density at radius 2 is 1.93 bits per heavy atom. The van der Waals surface area contributed by atoms with E-state index in [0.717, 1.165) is 39.0 Å². The number of likely N-dealkylation sites (tertiary alicyclic amines) is 1. The molecule has 0 bridgehead atoms. The normalized spacial score (nSPS) is 24.9. The number of ether oxygens (including phenoxy) is 1.